The van der Waals surface area contributed by atoms with E-state index >= 15 is 0 Å². The number of nitriles is 1. The first-order valence-electron chi connectivity index (χ1n) is 6.91. The van der Waals surface area contributed by atoms with Crippen LogP contribution in [0.4, 0.5) is 10.2 Å². The van der Waals surface area contributed by atoms with E-state index in [1.54, 1.807) is 18.2 Å². The lowest BCUT2D eigenvalue weighted by molar-refractivity contribution is 0.630. The molecule has 0 aliphatic heterocycles. The Balaban J connectivity index is 2.27. The van der Waals surface area contributed by atoms with E-state index in [2.05, 4.69) is 36.8 Å². The van der Waals surface area contributed by atoms with Crippen LogP contribution < -0.4 is 5.73 Å². The summed E-state index contributed by atoms with van der Waals surface area (Å²) in [6, 6.07) is 15.9. The Bertz CT molecular complexity index is 980. The minimum Gasteiger partial charge on any atom is -0.383 e. The van der Waals surface area contributed by atoms with Crippen LogP contribution in [0.25, 0.3) is 22.4 Å². The van der Waals surface area contributed by atoms with E-state index in [4.69, 9.17) is 5.73 Å². The number of nitrogens with zero attached hydrogens (tertiary/aromatic N) is 2. The lowest BCUT2D eigenvalue weighted by atomic mass is 9.98. The predicted octanol–water partition coefficient (Wildman–Crippen LogP) is 5.53. The second-order valence-electron chi connectivity index (χ2n) is 5.06. The van der Waals surface area contributed by atoms with E-state index in [-0.39, 0.29) is 11.4 Å². The molecule has 0 saturated carbocycles. The molecule has 0 aliphatic rings. The fourth-order valence-electron chi connectivity index (χ4n) is 2.40. The molecule has 0 spiro atoms. The molecule has 0 unspecified atom stereocenters. The van der Waals surface area contributed by atoms with Gasteiger partial charge in [-0.3, -0.25) is 0 Å². The van der Waals surface area contributed by atoms with Gasteiger partial charge in [0.15, 0.2) is 0 Å². The van der Waals surface area contributed by atoms with Crippen LogP contribution in [0, 0.1) is 17.1 Å². The quantitative estimate of drug-likeness (QED) is 0.562. The maximum atomic E-state index is 14.4. The average molecular weight is 447 g/mol. The van der Waals surface area contributed by atoms with Gasteiger partial charge in [0.25, 0.3) is 0 Å². The van der Waals surface area contributed by atoms with Crippen LogP contribution in [0.15, 0.2) is 57.5 Å². The fraction of sp³-hybridized carbons (Fsp3) is 0. The molecule has 3 rings (SSSR count). The average Bonchev–Trinajstić information content (AvgIpc) is 2.54. The zero-order valence-electron chi connectivity index (χ0n) is 12.2. The van der Waals surface area contributed by atoms with Gasteiger partial charge in [-0.15, -0.1) is 0 Å². The SMILES string of the molecule is N#Cc1c(-c2ccc(Br)cc2F)cc(-c2cccc(Br)c2)nc1N. The molecule has 24 heavy (non-hydrogen) atoms. The molecule has 3 aromatic rings. The number of benzene rings is 2. The van der Waals surface area contributed by atoms with Crippen LogP contribution >= 0.6 is 31.9 Å². The van der Waals surface area contributed by atoms with Crippen molar-refractivity contribution in [1.29, 1.82) is 5.26 Å². The topological polar surface area (TPSA) is 62.7 Å². The Labute approximate surface area is 155 Å². The zero-order chi connectivity index (χ0) is 17.3. The molecule has 0 aliphatic carbocycles. The van der Waals surface area contributed by atoms with Crippen molar-refractivity contribution < 1.29 is 4.39 Å². The van der Waals surface area contributed by atoms with Gasteiger partial charge in [0, 0.05) is 25.6 Å². The lowest BCUT2D eigenvalue weighted by Crippen LogP contribution is -2.00. The highest BCUT2D eigenvalue weighted by atomic mass is 79.9. The molecular formula is C18H10Br2FN3. The van der Waals surface area contributed by atoms with Crippen molar-refractivity contribution in [2.45, 2.75) is 0 Å². The number of anilines is 1. The van der Waals surface area contributed by atoms with Gasteiger partial charge in [-0.2, -0.15) is 5.26 Å². The van der Waals surface area contributed by atoms with Crippen molar-refractivity contribution in [3.63, 3.8) is 0 Å². The number of pyridine rings is 1. The number of rotatable bonds is 2. The Kier molecular flexibility index (Phi) is 4.65. The monoisotopic (exact) mass is 445 g/mol. The van der Waals surface area contributed by atoms with Crippen LogP contribution in [-0.2, 0) is 0 Å². The smallest absolute Gasteiger partial charge is 0.142 e. The summed E-state index contributed by atoms with van der Waals surface area (Å²) in [4.78, 5) is 4.29. The maximum absolute atomic E-state index is 14.4. The molecule has 0 bridgehead atoms. The summed E-state index contributed by atoms with van der Waals surface area (Å²) in [5.41, 5.74) is 8.23. The predicted molar refractivity (Wildman–Crippen MR) is 99.6 cm³/mol. The molecule has 0 saturated heterocycles. The van der Waals surface area contributed by atoms with Crippen molar-refractivity contribution in [1.82, 2.24) is 4.98 Å². The van der Waals surface area contributed by atoms with Gasteiger partial charge < -0.3 is 5.73 Å². The van der Waals surface area contributed by atoms with Crippen LogP contribution in [-0.4, -0.2) is 4.98 Å². The zero-order valence-corrected chi connectivity index (χ0v) is 15.4. The number of nitrogens with two attached hydrogens (primary N) is 1. The van der Waals surface area contributed by atoms with Crippen LogP contribution in [0.5, 0.6) is 0 Å². The highest BCUT2D eigenvalue weighted by Gasteiger charge is 2.16. The van der Waals surface area contributed by atoms with Crippen molar-refractivity contribution in [2.75, 3.05) is 5.73 Å². The van der Waals surface area contributed by atoms with E-state index in [0.717, 1.165) is 10.0 Å². The van der Waals surface area contributed by atoms with Gasteiger partial charge in [-0.05, 0) is 30.3 Å². The largest absolute Gasteiger partial charge is 0.383 e. The third kappa shape index (κ3) is 3.18. The van der Waals surface area contributed by atoms with Gasteiger partial charge >= 0.3 is 0 Å². The standard InChI is InChI=1S/C18H10Br2FN3/c19-11-3-1-2-10(6-11)17-8-14(15(9-22)18(23)24-17)13-5-4-12(20)7-16(13)21/h1-8H,(H2,23,24). The maximum Gasteiger partial charge on any atom is 0.142 e. The van der Waals surface area contributed by atoms with Crippen molar-refractivity contribution in [2.24, 2.45) is 0 Å². The summed E-state index contributed by atoms with van der Waals surface area (Å²) in [6.45, 7) is 0. The van der Waals surface area contributed by atoms with Crippen LogP contribution in [0.3, 0.4) is 0 Å². The number of aromatic nitrogens is 1. The first kappa shape index (κ1) is 16.6. The third-order valence-corrected chi connectivity index (χ3v) is 4.49. The minimum absolute atomic E-state index is 0.0762. The van der Waals surface area contributed by atoms with Crippen LogP contribution in [0.2, 0.25) is 0 Å². The van der Waals surface area contributed by atoms with Crippen molar-refractivity contribution >= 4 is 37.7 Å². The summed E-state index contributed by atoms with van der Waals surface area (Å²) in [7, 11) is 0. The third-order valence-electron chi connectivity index (χ3n) is 3.50. The first-order chi connectivity index (χ1) is 11.5. The highest BCUT2D eigenvalue weighted by Crippen LogP contribution is 2.34. The van der Waals surface area contributed by atoms with E-state index < -0.39 is 5.82 Å². The molecule has 2 aromatic carbocycles. The lowest BCUT2D eigenvalue weighted by Gasteiger charge is -2.11. The molecular weight excluding hydrogens is 437 g/mol. The number of hydrogen-bond acceptors (Lipinski definition) is 3. The number of halogens is 3. The Morgan fingerprint density at radius 1 is 1.00 bits per heavy atom. The summed E-state index contributed by atoms with van der Waals surface area (Å²) in [5, 5.41) is 9.40. The normalized spacial score (nSPS) is 10.4. The molecule has 1 heterocycles. The number of hydrogen-bond donors (Lipinski definition) is 1. The van der Waals surface area contributed by atoms with Crippen molar-refractivity contribution in [3.8, 4) is 28.5 Å². The fourth-order valence-corrected chi connectivity index (χ4v) is 3.13. The Morgan fingerprint density at radius 3 is 2.42 bits per heavy atom. The van der Waals surface area contributed by atoms with E-state index in [9.17, 15) is 9.65 Å². The minimum atomic E-state index is -0.438. The molecule has 0 amide bonds. The van der Waals surface area contributed by atoms with E-state index in [0.29, 0.717) is 21.3 Å². The Hall–Kier alpha value is -2.23. The first-order valence-corrected chi connectivity index (χ1v) is 8.50. The van der Waals surface area contributed by atoms with E-state index in [1.807, 2.05) is 30.3 Å². The molecule has 0 radical (unpaired) electrons. The van der Waals surface area contributed by atoms with E-state index in [1.165, 1.54) is 6.07 Å². The summed E-state index contributed by atoms with van der Waals surface area (Å²) >= 11 is 6.64. The molecule has 118 valence electrons. The second-order valence-corrected chi connectivity index (χ2v) is 6.89. The summed E-state index contributed by atoms with van der Waals surface area (Å²) in [6.07, 6.45) is 0. The van der Waals surface area contributed by atoms with Gasteiger partial charge in [0.2, 0.25) is 0 Å². The van der Waals surface area contributed by atoms with Crippen LogP contribution in [0.1, 0.15) is 5.56 Å². The van der Waals surface area contributed by atoms with Crippen molar-refractivity contribution in [3.05, 3.63) is 68.9 Å². The molecule has 1 aromatic heterocycles. The second kappa shape index (κ2) is 6.71. The Morgan fingerprint density at radius 2 is 1.75 bits per heavy atom. The van der Waals surface area contributed by atoms with Gasteiger partial charge in [0.05, 0.1) is 5.69 Å². The molecule has 3 nitrogen and oxygen atoms in total. The molecule has 0 fully saturated rings. The molecule has 6 heteroatoms. The van der Waals surface area contributed by atoms with Gasteiger partial charge in [0.1, 0.15) is 23.3 Å². The molecule has 0 atom stereocenters. The summed E-state index contributed by atoms with van der Waals surface area (Å²) in [5.74, 6) is -0.362. The molecule has 2 N–H and O–H groups in total. The number of nitrogen functional groups attached to an aromatic ring is 1. The van der Waals surface area contributed by atoms with Gasteiger partial charge in [-0.1, -0.05) is 50.1 Å². The van der Waals surface area contributed by atoms with Gasteiger partial charge in [-0.25, -0.2) is 9.37 Å². The summed E-state index contributed by atoms with van der Waals surface area (Å²) < 4.78 is 15.9. The highest BCUT2D eigenvalue weighted by molar-refractivity contribution is 9.10.